The third-order valence-electron chi connectivity index (χ3n) is 6.34. The Labute approximate surface area is 246 Å². The molecule has 15 heteroatoms. The Morgan fingerprint density at radius 3 is 2.58 bits per heavy atom. The molecule has 5 atom stereocenters. The molecule has 4 rings (SSSR count). The van der Waals surface area contributed by atoms with Gasteiger partial charge in [0.05, 0.1) is 12.8 Å². The van der Waals surface area contributed by atoms with Crippen LogP contribution in [-0.4, -0.2) is 56.4 Å². The first-order chi connectivity index (χ1) is 20.4. The van der Waals surface area contributed by atoms with Gasteiger partial charge in [-0.25, -0.2) is 9.36 Å². The van der Waals surface area contributed by atoms with E-state index in [-0.39, 0.29) is 18.3 Å². The Balaban J connectivity index is 1.47. The van der Waals surface area contributed by atoms with Gasteiger partial charge in [0.2, 0.25) is 6.23 Å². The first kappa shape index (κ1) is 32.4. The second kappa shape index (κ2) is 13.8. The van der Waals surface area contributed by atoms with Crippen molar-refractivity contribution in [1.82, 2.24) is 19.6 Å². The second-order valence-electron chi connectivity index (χ2n) is 10.4. The molecular weight excluding hydrogens is 589 g/mol. The normalized spacial score (nSPS) is 21.7. The monoisotopic (exact) mass is 622 g/mol. The highest BCUT2D eigenvalue weighted by Crippen LogP contribution is 2.47. The summed E-state index contributed by atoms with van der Waals surface area (Å²) in [6, 6.07) is 12.0. The van der Waals surface area contributed by atoms with Gasteiger partial charge in [0, 0.05) is 18.1 Å². The van der Waals surface area contributed by atoms with Crippen LogP contribution in [0, 0.1) is 5.92 Å². The zero-order valence-electron chi connectivity index (χ0n) is 23.7. The van der Waals surface area contributed by atoms with Gasteiger partial charge in [0.1, 0.15) is 24.5 Å². The Kier molecular flexibility index (Phi) is 10.4. The second-order valence-corrected chi connectivity index (χ2v) is 12.1. The molecule has 0 aliphatic carbocycles. The molecule has 0 amide bonds. The number of aliphatic hydroxyl groups excluding tert-OH is 1. The maximum Gasteiger partial charge on any atom is 0.459 e. The smallest absolute Gasteiger partial charge is 0.459 e. The number of rotatable bonds is 13. The van der Waals surface area contributed by atoms with E-state index in [1.807, 2.05) is 13.8 Å². The van der Waals surface area contributed by atoms with Crippen LogP contribution < -0.4 is 15.3 Å². The molecule has 3 aromatic rings. The van der Waals surface area contributed by atoms with E-state index in [0.717, 1.165) is 11.8 Å². The molecule has 43 heavy (non-hydrogen) atoms. The first-order valence-corrected chi connectivity index (χ1v) is 15.0. The third-order valence-corrected chi connectivity index (χ3v) is 7.98. The number of pyridine rings is 1. The van der Waals surface area contributed by atoms with E-state index in [0.29, 0.717) is 16.7 Å². The number of hydrogen-bond donors (Lipinski definition) is 2. The minimum absolute atomic E-state index is 0.0154. The molecule has 1 saturated heterocycles. The number of hydrogen-bond acceptors (Lipinski definition) is 10. The van der Waals surface area contributed by atoms with E-state index in [9.17, 15) is 19.3 Å². The molecule has 1 aliphatic heterocycles. The molecule has 0 saturated carbocycles. The van der Waals surface area contributed by atoms with E-state index in [1.165, 1.54) is 37.5 Å². The molecule has 232 valence electrons. The summed E-state index contributed by atoms with van der Waals surface area (Å²) in [4.78, 5) is 32.9. The third kappa shape index (κ3) is 8.30. The Morgan fingerprint density at radius 2 is 1.93 bits per heavy atom. The van der Waals surface area contributed by atoms with Crippen molar-refractivity contribution < 1.29 is 41.8 Å². The summed E-state index contributed by atoms with van der Waals surface area (Å²) in [6.07, 6.45) is -2.13. The summed E-state index contributed by atoms with van der Waals surface area (Å²) >= 11 is 0. The fourth-order valence-electron chi connectivity index (χ4n) is 4.21. The molecule has 3 heterocycles. The number of aliphatic hydroxyl groups is 1. The zero-order chi connectivity index (χ0) is 31.2. The number of carbonyl (C=O) groups is 1. The van der Waals surface area contributed by atoms with Crippen LogP contribution in [0.2, 0.25) is 0 Å². The van der Waals surface area contributed by atoms with Gasteiger partial charge in [-0.3, -0.25) is 18.9 Å². The summed E-state index contributed by atoms with van der Waals surface area (Å²) in [5, 5.41) is 12.9. The van der Waals surface area contributed by atoms with E-state index in [2.05, 4.69) is 15.1 Å². The number of nitrogens with one attached hydrogen (secondary N) is 1. The molecular formula is C28H33F2N4O8P. The van der Waals surface area contributed by atoms with Gasteiger partial charge in [0.25, 0.3) is 0 Å². The van der Waals surface area contributed by atoms with Gasteiger partial charge in [0.15, 0.2) is 6.10 Å². The van der Waals surface area contributed by atoms with E-state index in [4.69, 9.17) is 18.5 Å². The molecule has 0 spiro atoms. The Hall–Kier alpha value is -3.55. The van der Waals surface area contributed by atoms with Crippen molar-refractivity contribution >= 4 is 13.7 Å². The van der Waals surface area contributed by atoms with Crippen molar-refractivity contribution in [2.45, 2.75) is 64.2 Å². The van der Waals surface area contributed by atoms with Gasteiger partial charge in [-0.05, 0) is 43.0 Å². The van der Waals surface area contributed by atoms with Crippen molar-refractivity contribution in [1.29, 1.82) is 0 Å². The van der Waals surface area contributed by atoms with E-state index < -0.39 is 56.4 Å². The average molecular weight is 623 g/mol. The lowest BCUT2D eigenvalue weighted by atomic mass is 10.1. The first-order valence-electron chi connectivity index (χ1n) is 13.5. The summed E-state index contributed by atoms with van der Waals surface area (Å²) in [5.74, 6) is -4.56. The van der Waals surface area contributed by atoms with Gasteiger partial charge in [-0.1, -0.05) is 44.2 Å². The standard InChI is InChI=1S/C28H33F2N4O8P/c1-18(2)14-21-11-13-34(27(37)32-21)26-28(29,30)24(35)23(41-26)17-40-43(38,42-22-10-7-12-31-15-22)33-19(3)25(36)39-16-20-8-5-4-6-9-20/h4-13,15,18-19,23-24,26,35H,14,16-17H2,1-3H3,(H,33,38)/t19-,23+,24+,26+,43?/m0/s1. The van der Waals surface area contributed by atoms with Gasteiger partial charge < -0.3 is 19.1 Å². The molecule has 2 N–H and O–H groups in total. The number of aromatic nitrogens is 3. The predicted molar refractivity (Wildman–Crippen MR) is 149 cm³/mol. The van der Waals surface area contributed by atoms with Crippen LogP contribution in [0.15, 0.2) is 71.9 Å². The van der Waals surface area contributed by atoms with Crippen LogP contribution in [0.3, 0.4) is 0 Å². The van der Waals surface area contributed by atoms with Crippen LogP contribution in [0.25, 0.3) is 0 Å². The predicted octanol–water partition coefficient (Wildman–Crippen LogP) is 3.66. The highest BCUT2D eigenvalue weighted by molar-refractivity contribution is 7.52. The molecule has 0 radical (unpaired) electrons. The SMILES string of the molecule is CC(C)Cc1ccn([C@@H]2O[C@H](COP(=O)(N[C@@H](C)C(=O)OCc3ccccc3)Oc3cccnc3)[C@@H](O)C2(F)F)c(=O)n1. The van der Waals surface area contributed by atoms with Crippen LogP contribution in [0.1, 0.15) is 38.3 Å². The van der Waals surface area contributed by atoms with E-state index in [1.54, 1.807) is 30.3 Å². The molecule has 1 unspecified atom stereocenters. The number of nitrogens with zero attached hydrogens (tertiary/aromatic N) is 3. The zero-order valence-corrected chi connectivity index (χ0v) is 24.6. The molecule has 1 aliphatic rings. The molecule has 2 aromatic heterocycles. The van der Waals surface area contributed by atoms with Crippen LogP contribution in [-0.2, 0) is 36.4 Å². The van der Waals surface area contributed by atoms with Crippen LogP contribution in [0.4, 0.5) is 8.78 Å². The van der Waals surface area contributed by atoms with Crippen molar-refractivity contribution in [3.63, 3.8) is 0 Å². The summed E-state index contributed by atoms with van der Waals surface area (Å²) in [5.41, 5.74) is 0.168. The van der Waals surface area contributed by atoms with E-state index >= 15 is 8.78 Å². The highest BCUT2D eigenvalue weighted by Gasteiger charge is 2.60. The number of ether oxygens (including phenoxy) is 2. The minimum atomic E-state index is -4.50. The molecule has 1 aromatic carbocycles. The fraction of sp³-hybridized carbons (Fsp3) is 0.429. The van der Waals surface area contributed by atoms with Crippen molar-refractivity contribution in [2.75, 3.05) is 6.61 Å². The summed E-state index contributed by atoms with van der Waals surface area (Å²) in [6.45, 7) is 4.27. The largest absolute Gasteiger partial charge is 0.460 e. The topological polar surface area (TPSA) is 151 Å². The van der Waals surface area contributed by atoms with Gasteiger partial charge >= 0.3 is 25.3 Å². The highest BCUT2D eigenvalue weighted by atomic mass is 31.2. The lowest BCUT2D eigenvalue weighted by Gasteiger charge is -2.24. The average Bonchev–Trinajstić information content (AvgIpc) is 3.19. The van der Waals surface area contributed by atoms with Crippen molar-refractivity contribution in [2.24, 2.45) is 5.92 Å². The maximum atomic E-state index is 15.1. The molecule has 1 fully saturated rings. The van der Waals surface area contributed by atoms with Crippen LogP contribution >= 0.6 is 7.75 Å². The Morgan fingerprint density at radius 1 is 1.19 bits per heavy atom. The number of halogens is 2. The quantitative estimate of drug-likeness (QED) is 0.212. The number of benzene rings is 1. The number of alkyl halides is 2. The minimum Gasteiger partial charge on any atom is -0.460 e. The molecule has 0 bridgehead atoms. The van der Waals surface area contributed by atoms with Gasteiger partial charge in [-0.15, -0.1) is 0 Å². The number of carbonyl (C=O) groups excluding carboxylic acids is 1. The fourth-order valence-corrected chi connectivity index (χ4v) is 5.70. The lowest BCUT2D eigenvalue weighted by Crippen LogP contribution is -2.42. The lowest BCUT2D eigenvalue weighted by molar-refractivity contribution is -0.146. The van der Waals surface area contributed by atoms with Crippen molar-refractivity contribution in [3.8, 4) is 5.75 Å². The number of esters is 1. The van der Waals surface area contributed by atoms with Crippen LogP contribution in [0.5, 0.6) is 5.75 Å². The summed E-state index contributed by atoms with van der Waals surface area (Å²) in [7, 11) is -4.50. The maximum absolute atomic E-state index is 15.1. The summed E-state index contributed by atoms with van der Waals surface area (Å²) < 4.78 is 66.1. The van der Waals surface area contributed by atoms with Crippen molar-refractivity contribution in [3.05, 3.63) is 88.9 Å². The molecule has 12 nitrogen and oxygen atoms in total. The van der Waals surface area contributed by atoms with Gasteiger partial charge in [-0.2, -0.15) is 18.9 Å². The Bertz CT molecular complexity index is 1480.